The number of nitrogens with zero attached hydrogens (tertiary/aromatic N) is 3. The molecule has 0 atom stereocenters. The number of hydrogen-bond acceptors (Lipinski definition) is 4. The smallest absolute Gasteiger partial charge is 0.143 e. The maximum atomic E-state index is 6.58. The minimum atomic E-state index is 0.883. The first-order valence-electron chi connectivity index (χ1n) is 27.2. The quantitative estimate of drug-likeness (QED) is 0.115. The second-order valence-electron chi connectivity index (χ2n) is 20.1. The first-order chi connectivity index (χ1) is 39.7. The van der Waals surface area contributed by atoms with Gasteiger partial charge in [0.15, 0.2) is 0 Å². The summed E-state index contributed by atoms with van der Waals surface area (Å²) >= 11 is 0. The second kappa shape index (κ2) is 21.0. The summed E-state index contributed by atoms with van der Waals surface area (Å²) < 4.78 is 6.58. The molecule has 0 saturated heterocycles. The second-order valence-corrected chi connectivity index (χ2v) is 20.1. The van der Waals surface area contributed by atoms with Crippen LogP contribution >= 0.6 is 0 Å². The van der Waals surface area contributed by atoms with Crippen molar-refractivity contribution in [1.82, 2.24) is 0 Å². The Morgan fingerprint density at radius 2 is 0.525 bits per heavy atom. The summed E-state index contributed by atoms with van der Waals surface area (Å²) in [5.41, 5.74) is 20.0. The molecule has 0 spiro atoms. The van der Waals surface area contributed by atoms with Gasteiger partial charge in [-0.2, -0.15) is 0 Å². The van der Waals surface area contributed by atoms with E-state index in [1.807, 2.05) is 12.1 Å². The third-order valence-electron chi connectivity index (χ3n) is 15.2. The van der Waals surface area contributed by atoms with E-state index < -0.39 is 0 Å². The highest BCUT2D eigenvalue weighted by Gasteiger charge is 2.24. The zero-order valence-corrected chi connectivity index (χ0v) is 43.8. The Morgan fingerprint density at radius 3 is 1.01 bits per heavy atom. The van der Waals surface area contributed by atoms with Gasteiger partial charge in [0.2, 0.25) is 0 Å². The van der Waals surface area contributed by atoms with Crippen LogP contribution in [0.3, 0.4) is 0 Å². The monoisotopic (exact) mass is 1020 g/mol. The number of para-hydroxylation sites is 4. The number of hydrogen-bond donors (Lipinski definition) is 0. The molecule has 378 valence electrons. The van der Waals surface area contributed by atoms with Crippen LogP contribution in [-0.2, 0) is 0 Å². The topological polar surface area (TPSA) is 22.9 Å². The van der Waals surface area contributed by atoms with Crippen LogP contribution in [0.1, 0.15) is 0 Å². The summed E-state index contributed by atoms with van der Waals surface area (Å²) in [4.78, 5) is 7.15. The van der Waals surface area contributed by atoms with Crippen LogP contribution in [0.2, 0.25) is 0 Å². The average Bonchev–Trinajstić information content (AvgIpc) is 4.07. The van der Waals surface area contributed by atoms with Gasteiger partial charge in [0.25, 0.3) is 0 Å². The molecule has 0 amide bonds. The van der Waals surface area contributed by atoms with Gasteiger partial charge in [-0.3, -0.25) is 0 Å². The fraction of sp³-hybridized carbons (Fsp3) is 0. The molecule has 4 heteroatoms. The summed E-state index contributed by atoms with van der Waals surface area (Å²) in [5, 5.41) is 4.66. The van der Waals surface area contributed by atoms with Gasteiger partial charge in [-0.25, -0.2) is 0 Å². The van der Waals surface area contributed by atoms with E-state index in [9.17, 15) is 0 Å². The summed E-state index contributed by atoms with van der Waals surface area (Å²) in [5.74, 6) is 0. The molecule has 4 nitrogen and oxygen atoms in total. The van der Waals surface area contributed by atoms with Crippen molar-refractivity contribution in [1.29, 1.82) is 0 Å². The zero-order valence-electron chi connectivity index (χ0n) is 43.8. The molecular weight excluding hydrogens is 971 g/mol. The van der Waals surface area contributed by atoms with E-state index in [4.69, 9.17) is 4.42 Å². The Morgan fingerprint density at radius 1 is 0.200 bits per heavy atom. The summed E-state index contributed by atoms with van der Waals surface area (Å²) in [6, 6.07) is 115. The molecule has 0 unspecified atom stereocenters. The van der Waals surface area contributed by atoms with Gasteiger partial charge in [0, 0.05) is 50.5 Å². The number of anilines is 9. The lowest BCUT2D eigenvalue weighted by molar-refractivity contribution is 0.670. The predicted molar refractivity (Wildman–Crippen MR) is 337 cm³/mol. The first kappa shape index (κ1) is 47.7. The van der Waals surface area contributed by atoms with Crippen LogP contribution in [0.25, 0.3) is 77.2 Å². The highest BCUT2D eigenvalue weighted by atomic mass is 16.3. The SMILES string of the molecule is c1ccc(-c2ccc(N(c3ccccc3)c3cc(N(c4ccccc4)c4ccc(-c5ccccc5)cc4)cc(N(c4ccc(-c5cccc6ccccc56)cc4)c4ccc(-c5cccc6c5oc5ccccc56)cc4)c3)cc2)cc1. The van der Waals surface area contributed by atoms with Gasteiger partial charge < -0.3 is 19.1 Å². The van der Waals surface area contributed by atoms with E-state index in [2.05, 4.69) is 324 Å². The van der Waals surface area contributed by atoms with E-state index in [1.54, 1.807) is 0 Å². The summed E-state index contributed by atoms with van der Waals surface area (Å²) in [6.07, 6.45) is 0. The standard InChI is InChI=1S/C76H53N3O/c1-5-19-54(20-6-1)56-35-43-63(44-36-56)77(61-25-9-3-10-26-61)67-51-68(78(62-27-11-4-12-28-62)64-45-37-57(38-46-64)55-21-7-2-8-22-55)53-69(52-67)79(65-47-39-59(40-48-65)71-31-17-24-58-23-13-14-29-70(58)71)66-49-41-60(42-50-66)72-32-18-33-74-73-30-15-16-34-75(73)80-76(72)74/h1-53H. The van der Waals surface area contributed by atoms with Gasteiger partial charge in [0.05, 0.1) is 17.1 Å². The van der Waals surface area contributed by atoms with Crippen molar-refractivity contribution in [2.24, 2.45) is 0 Å². The van der Waals surface area contributed by atoms with Crippen LogP contribution in [0, 0.1) is 0 Å². The maximum Gasteiger partial charge on any atom is 0.143 e. The molecule has 0 saturated carbocycles. The van der Waals surface area contributed by atoms with E-state index in [0.29, 0.717) is 0 Å². The third kappa shape index (κ3) is 9.21. The number of fused-ring (bicyclic) bond motifs is 4. The fourth-order valence-corrected chi connectivity index (χ4v) is 11.4. The molecule has 0 bridgehead atoms. The van der Waals surface area contributed by atoms with Crippen LogP contribution in [0.15, 0.2) is 326 Å². The molecule has 14 rings (SSSR count). The van der Waals surface area contributed by atoms with Crippen LogP contribution in [0.5, 0.6) is 0 Å². The average molecular weight is 1020 g/mol. The van der Waals surface area contributed by atoms with Crippen molar-refractivity contribution in [3.8, 4) is 44.5 Å². The Kier molecular flexibility index (Phi) is 12.6. The maximum absolute atomic E-state index is 6.58. The molecule has 80 heavy (non-hydrogen) atoms. The Bertz CT molecular complexity index is 4280. The van der Waals surface area contributed by atoms with Crippen molar-refractivity contribution in [2.45, 2.75) is 0 Å². The van der Waals surface area contributed by atoms with E-state index in [1.165, 1.54) is 27.5 Å². The number of benzene rings is 13. The Hall–Kier alpha value is -10.7. The van der Waals surface area contributed by atoms with Crippen molar-refractivity contribution in [2.75, 3.05) is 14.7 Å². The Balaban J connectivity index is 0.984. The van der Waals surface area contributed by atoms with Gasteiger partial charge in [-0.1, -0.05) is 224 Å². The molecule has 0 N–H and O–H groups in total. The van der Waals surface area contributed by atoms with Crippen molar-refractivity contribution < 1.29 is 4.42 Å². The normalized spacial score (nSPS) is 11.2. The molecule has 0 radical (unpaired) electrons. The van der Waals surface area contributed by atoms with Crippen LogP contribution < -0.4 is 14.7 Å². The van der Waals surface area contributed by atoms with E-state index in [0.717, 1.165) is 101 Å². The van der Waals surface area contributed by atoms with Crippen molar-refractivity contribution >= 4 is 83.9 Å². The van der Waals surface area contributed by atoms with Crippen LogP contribution in [0.4, 0.5) is 51.2 Å². The summed E-state index contributed by atoms with van der Waals surface area (Å²) in [6.45, 7) is 0. The van der Waals surface area contributed by atoms with Gasteiger partial charge in [-0.05, 0) is 147 Å². The minimum absolute atomic E-state index is 0.883. The first-order valence-corrected chi connectivity index (χ1v) is 27.2. The summed E-state index contributed by atoms with van der Waals surface area (Å²) in [7, 11) is 0. The predicted octanol–water partition coefficient (Wildman–Crippen LogP) is 21.8. The van der Waals surface area contributed by atoms with E-state index >= 15 is 0 Å². The number of furan rings is 1. The lowest BCUT2D eigenvalue weighted by Gasteiger charge is -2.33. The minimum Gasteiger partial charge on any atom is -0.455 e. The lowest BCUT2D eigenvalue weighted by Crippen LogP contribution is -2.16. The molecule has 0 fully saturated rings. The van der Waals surface area contributed by atoms with Gasteiger partial charge >= 0.3 is 0 Å². The van der Waals surface area contributed by atoms with Crippen LogP contribution in [-0.4, -0.2) is 0 Å². The van der Waals surface area contributed by atoms with Gasteiger partial charge in [-0.15, -0.1) is 0 Å². The molecule has 13 aromatic carbocycles. The zero-order chi connectivity index (χ0) is 53.2. The Labute approximate surface area is 466 Å². The lowest BCUT2D eigenvalue weighted by atomic mass is 9.98. The highest BCUT2D eigenvalue weighted by molar-refractivity contribution is 6.09. The molecule has 14 aromatic rings. The number of rotatable bonds is 13. The molecule has 0 aliphatic carbocycles. The molecule has 1 heterocycles. The van der Waals surface area contributed by atoms with Crippen molar-refractivity contribution in [3.63, 3.8) is 0 Å². The third-order valence-corrected chi connectivity index (χ3v) is 15.2. The fourth-order valence-electron chi connectivity index (χ4n) is 11.4. The van der Waals surface area contributed by atoms with Crippen molar-refractivity contribution in [3.05, 3.63) is 322 Å². The van der Waals surface area contributed by atoms with Gasteiger partial charge in [0.1, 0.15) is 11.2 Å². The largest absolute Gasteiger partial charge is 0.455 e. The highest BCUT2D eigenvalue weighted by Crippen LogP contribution is 2.47. The molecule has 1 aromatic heterocycles. The molecule has 0 aliphatic heterocycles. The molecular formula is C76H53N3O. The van der Waals surface area contributed by atoms with E-state index in [-0.39, 0.29) is 0 Å². The molecule has 0 aliphatic rings.